The SMILES string of the molecule is CCCCCCCCCCc1cccc(C)c1C.CCl.N. The Morgan fingerprint density at radius 1 is 0.810 bits per heavy atom. The molecule has 0 aliphatic heterocycles. The second kappa shape index (κ2) is 15.9. The van der Waals surface area contributed by atoms with Gasteiger partial charge in [0.2, 0.25) is 0 Å². The molecule has 0 spiro atoms. The molecule has 1 aromatic carbocycles. The molecule has 0 bridgehead atoms. The molecular formula is C19H36ClN. The van der Waals surface area contributed by atoms with E-state index in [4.69, 9.17) is 0 Å². The van der Waals surface area contributed by atoms with Gasteiger partial charge in [-0.1, -0.05) is 70.1 Å². The van der Waals surface area contributed by atoms with Gasteiger partial charge in [-0.25, -0.2) is 0 Å². The minimum atomic E-state index is 0. The molecular weight excluding hydrogens is 278 g/mol. The highest BCUT2D eigenvalue weighted by Crippen LogP contribution is 2.16. The Kier molecular flexibility index (Phi) is 17.2. The summed E-state index contributed by atoms with van der Waals surface area (Å²) in [5, 5.41) is 0. The van der Waals surface area contributed by atoms with Gasteiger partial charge in [-0.3, -0.25) is 0 Å². The Hall–Kier alpha value is -0.530. The van der Waals surface area contributed by atoms with E-state index >= 15 is 0 Å². The van der Waals surface area contributed by atoms with Crippen molar-refractivity contribution in [3.05, 3.63) is 34.9 Å². The van der Waals surface area contributed by atoms with Crippen LogP contribution in [0, 0.1) is 13.8 Å². The van der Waals surface area contributed by atoms with Gasteiger partial charge in [-0.15, -0.1) is 11.6 Å². The molecule has 0 fully saturated rings. The molecule has 0 heterocycles. The highest BCUT2D eigenvalue weighted by molar-refractivity contribution is 6.15. The summed E-state index contributed by atoms with van der Waals surface area (Å²) in [5.41, 5.74) is 4.49. The van der Waals surface area contributed by atoms with Crippen molar-refractivity contribution in [2.45, 2.75) is 78.6 Å². The number of halogens is 1. The number of unbranched alkanes of at least 4 members (excludes halogenated alkanes) is 7. The lowest BCUT2D eigenvalue weighted by atomic mass is 9.98. The molecule has 0 radical (unpaired) electrons. The molecule has 0 aliphatic carbocycles. The zero-order valence-electron chi connectivity index (χ0n) is 14.7. The van der Waals surface area contributed by atoms with Crippen molar-refractivity contribution in [2.75, 3.05) is 6.38 Å². The molecule has 1 aromatic rings. The second-order valence-corrected chi connectivity index (χ2v) is 5.58. The molecule has 0 saturated heterocycles. The number of alkyl halides is 1. The normalized spacial score (nSPS) is 9.57. The molecule has 2 heteroatoms. The van der Waals surface area contributed by atoms with Gasteiger partial charge < -0.3 is 6.15 Å². The quantitative estimate of drug-likeness (QED) is 0.386. The van der Waals surface area contributed by atoms with Gasteiger partial charge in [0.05, 0.1) is 0 Å². The maximum Gasteiger partial charge on any atom is 0.0108 e. The van der Waals surface area contributed by atoms with Gasteiger partial charge >= 0.3 is 0 Å². The number of rotatable bonds is 9. The molecule has 0 amide bonds. The van der Waals surface area contributed by atoms with E-state index in [2.05, 4.69) is 50.6 Å². The molecule has 1 rings (SSSR count). The third kappa shape index (κ3) is 10.8. The number of aryl methyl sites for hydroxylation is 2. The summed E-state index contributed by atoms with van der Waals surface area (Å²) in [5.74, 6) is 0. The molecule has 0 saturated carbocycles. The Balaban J connectivity index is 0. The van der Waals surface area contributed by atoms with Crippen LogP contribution in [0.4, 0.5) is 0 Å². The Labute approximate surface area is 138 Å². The van der Waals surface area contributed by atoms with Crippen LogP contribution < -0.4 is 6.15 Å². The molecule has 0 unspecified atom stereocenters. The first-order valence-corrected chi connectivity index (χ1v) is 8.94. The van der Waals surface area contributed by atoms with Crippen LogP contribution in [-0.2, 0) is 6.42 Å². The smallest absolute Gasteiger partial charge is 0.0108 e. The zero-order chi connectivity index (χ0) is 15.2. The van der Waals surface area contributed by atoms with Crippen molar-refractivity contribution in [3.8, 4) is 0 Å². The van der Waals surface area contributed by atoms with Crippen LogP contribution in [0.5, 0.6) is 0 Å². The molecule has 3 N–H and O–H groups in total. The van der Waals surface area contributed by atoms with Gasteiger partial charge in [0.25, 0.3) is 0 Å². The topological polar surface area (TPSA) is 35.0 Å². The number of hydrogen-bond donors (Lipinski definition) is 1. The lowest BCUT2D eigenvalue weighted by molar-refractivity contribution is 0.575. The van der Waals surface area contributed by atoms with Crippen molar-refractivity contribution in [3.63, 3.8) is 0 Å². The average Bonchev–Trinajstić information content (AvgIpc) is 2.48. The highest BCUT2D eigenvalue weighted by atomic mass is 35.5. The van der Waals surface area contributed by atoms with Crippen molar-refractivity contribution >= 4 is 11.6 Å². The Bertz CT molecular complexity index is 336. The van der Waals surface area contributed by atoms with Crippen molar-refractivity contribution in [1.29, 1.82) is 0 Å². The van der Waals surface area contributed by atoms with Crippen LogP contribution >= 0.6 is 11.6 Å². The average molecular weight is 314 g/mol. The van der Waals surface area contributed by atoms with Crippen molar-refractivity contribution < 1.29 is 0 Å². The first-order chi connectivity index (χ1) is 9.75. The van der Waals surface area contributed by atoms with Crippen LogP contribution in [0.15, 0.2) is 18.2 Å². The van der Waals surface area contributed by atoms with E-state index in [-0.39, 0.29) is 6.15 Å². The number of benzene rings is 1. The van der Waals surface area contributed by atoms with Gasteiger partial charge in [-0.05, 0) is 43.4 Å². The van der Waals surface area contributed by atoms with E-state index in [1.807, 2.05) is 0 Å². The van der Waals surface area contributed by atoms with Gasteiger partial charge in [0.15, 0.2) is 0 Å². The second-order valence-electron chi connectivity index (χ2n) is 5.58. The molecule has 0 atom stereocenters. The molecule has 124 valence electrons. The first-order valence-electron chi connectivity index (χ1n) is 8.18. The van der Waals surface area contributed by atoms with Gasteiger partial charge in [0, 0.05) is 6.38 Å². The van der Waals surface area contributed by atoms with Gasteiger partial charge in [0.1, 0.15) is 0 Å². The maximum atomic E-state index is 4.64. The maximum absolute atomic E-state index is 4.64. The zero-order valence-corrected chi connectivity index (χ0v) is 15.4. The molecule has 21 heavy (non-hydrogen) atoms. The van der Waals surface area contributed by atoms with Crippen LogP contribution in [0.3, 0.4) is 0 Å². The summed E-state index contributed by atoms with van der Waals surface area (Å²) < 4.78 is 0. The Morgan fingerprint density at radius 2 is 1.33 bits per heavy atom. The van der Waals surface area contributed by atoms with Gasteiger partial charge in [-0.2, -0.15) is 0 Å². The summed E-state index contributed by atoms with van der Waals surface area (Å²) in [6.45, 7) is 6.76. The monoisotopic (exact) mass is 313 g/mol. The fourth-order valence-electron chi connectivity index (χ4n) is 2.53. The fourth-order valence-corrected chi connectivity index (χ4v) is 2.53. The third-order valence-electron chi connectivity index (χ3n) is 4.02. The van der Waals surface area contributed by atoms with Crippen LogP contribution in [0.1, 0.15) is 75.0 Å². The molecule has 0 aromatic heterocycles. The predicted octanol–water partition coefficient (Wildman–Crippen LogP) is 7.00. The summed E-state index contributed by atoms with van der Waals surface area (Å²) >= 11 is 4.64. The molecule has 0 aliphatic rings. The van der Waals surface area contributed by atoms with Crippen LogP contribution in [0.25, 0.3) is 0 Å². The van der Waals surface area contributed by atoms with Crippen molar-refractivity contribution in [2.24, 2.45) is 0 Å². The lowest BCUT2D eigenvalue weighted by Crippen LogP contribution is -1.92. The summed E-state index contributed by atoms with van der Waals surface area (Å²) in [6, 6.07) is 6.71. The summed E-state index contributed by atoms with van der Waals surface area (Å²) in [6.07, 6.45) is 14.0. The standard InChI is InChI=1S/C18H30.CH3Cl.H3N/c1-4-5-6-7-8-9-10-11-14-18-15-12-13-16(2)17(18)3;1-2;/h12-13,15H,4-11,14H2,1-3H3;1H3;1H3. The Morgan fingerprint density at radius 3 is 1.90 bits per heavy atom. The van der Waals surface area contributed by atoms with Crippen LogP contribution in [-0.4, -0.2) is 6.38 Å². The van der Waals surface area contributed by atoms with E-state index in [0.29, 0.717) is 0 Å². The number of hydrogen-bond acceptors (Lipinski definition) is 1. The van der Waals surface area contributed by atoms with E-state index in [9.17, 15) is 0 Å². The largest absolute Gasteiger partial charge is 0.344 e. The minimum absolute atomic E-state index is 0. The summed E-state index contributed by atoms with van der Waals surface area (Å²) in [7, 11) is 0. The molecule has 1 nitrogen and oxygen atoms in total. The van der Waals surface area contributed by atoms with Crippen LogP contribution in [0.2, 0.25) is 0 Å². The predicted molar refractivity (Wildman–Crippen MR) is 99.0 cm³/mol. The summed E-state index contributed by atoms with van der Waals surface area (Å²) in [4.78, 5) is 0. The minimum Gasteiger partial charge on any atom is -0.344 e. The van der Waals surface area contributed by atoms with Crippen molar-refractivity contribution in [1.82, 2.24) is 6.15 Å². The van der Waals surface area contributed by atoms with E-state index in [1.54, 1.807) is 5.56 Å². The van der Waals surface area contributed by atoms with E-state index in [0.717, 1.165) is 0 Å². The van der Waals surface area contributed by atoms with E-state index in [1.165, 1.54) is 75.3 Å². The third-order valence-corrected chi connectivity index (χ3v) is 4.02. The fraction of sp³-hybridized carbons (Fsp3) is 0.684. The first kappa shape index (κ1) is 22.7. The highest BCUT2D eigenvalue weighted by Gasteiger charge is 2.00. The van der Waals surface area contributed by atoms with E-state index < -0.39 is 0 Å². The lowest BCUT2D eigenvalue weighted by Gasteiger charge is -2.08.